The first-order valence-electron chi connectivity index (χ1n) is 8.72. The van der Waals surface area contributed by atoms with Crippen LogP contribution in [0.5, 0.6) is 5.75 Å². The fraction of sp³-hybridized carbons (Fsp3) is 0. The molecule has 0 aliphatic carbocycles. The number of nitrogen functional groups attached to an aromatic ring is 2. The summed E-state index contributed by atoms with van der Waals surface area (Å²) >= 11 is 1.70. The average Bonchev–Trinajstić information content (AvgIpc) is 3.20. The van der Waals surface area contributed by atoms with E-state index in [1.807, 2.05) is 36.4 Å². The van der Waals surface area contributed by atoms with E-state index in [1.165, 1.54) is 4.88 Å². The third-order valence-electron chi connectivity index (χ3n) is 4.30. The van der Waals surface area contributed by atoms with Crippen molar-refractivity contribution in [3.05, 3.63) is 90.5 Å². The fourth-order valence-corrected chi connectivity index (χ4v) is 3.78. The summed E-state index contributed by atoms with van der Waals surface area (Å²) in [4.78, 5) is 14.5. The summed E-state index contributed by atoms with van der Waals surface area (Å²) in [6.07, 6.45) is 0. The second-order valence-electron chi connectivity index (χ2n) is 6.32. The lowest BCUT2D eigenvalue weighted by Gasteiger charge is -2.05. The summed E-state index contributed by atoms with van der Waals surface area (Å²) in [6.45, 7) is 0. The molecule has 0 atom stereocenters. The van der Waals surface area contributed by atoms with Crippen LogP contribution in [-0.2, 0) is 0 Å². The van der Waals surface area contributed by atoms with Gasteiger partial charge in [0.1, 0.15) is 5.75 Å². The summed E-state index contributed by atoms with van der Waals surface area (Å²) in [6, 6.07) is 26.2. The number of esters is 1. The highest BCUT2D eigenvalue weighted by Gasteiger charge is 2.09. The van der Waals surface area contributed by atoms with Gasteiger partial charge in [0, 0.05) is 21.1 Å². The van der Waals surface area contributed by atoms with E-state index in [9.17, 15) is 4.79 Å². The fourth-order valence-electron chi connectivity index (χ4n) is 2.77. The molecule has 28 heavy (non-hydrogen) atoms. The van der Waals surface area contributed by atoms with Crippen molar-refractivity contribution in [1.29, 1.82) is 0 Å². The number of rotatable bonds is 4. The molecule has 3 aromatic carbocycles. The molecule has 4 rings (SSSR count). The van der Waals surface area contributed by atoms with Crippen molar-refractivity contribution in [3.63, 3.8) is 0 Å². The first-order chi connectivity index (χ1) is 13.6. The van der Waals surface area contributed by atoms with Gasteiger partial charge in [0.2, 0.25) is 0 Å². The Morgan fingerprint density at radius 2 is 1.11 bits per heavy atom. The Bertz CT molecular complexity index is 1100. The van der Waals surface area contributed by atoms with Gasteiger partial charge >= 0.3 is 5.97 Å². The van der Waals surface area contributed by atoms with Crippen LogP contribution in [0.3, 0.4) is 0 Å². The Kier molecular flexibility index (Phi) is 4.83. The predicted molar refractivity (Wildman–Crippen MR) is 115 cm³/mol. The molecule has 4 nitrogen and oxygen atoms in total. The molecule has 5 heteroatoms. The number of benzene rings is 3. The Balaban J connectivity index is 1.48. The Labute approximate surface area is 167 Å². The number of thiophene rings is 1. The van der Waals surface area contributed by atoms with Gasteiger partial charge in [-0.3, -0.25) is 0 Å². The third kappa shape index (κ3) is 3.89. The van der Waals surface area contributed by atoms with Gasteiger partial charge in [0.25, 0.3) is 0 Å². The lowest BCUT2D eigenvalue weighted by molar-refractivity contribution is 0.0735. The zero-order chi connectivity index (χ0) is 19.5. The van der Waals surface area contributed by atoms with Crippen molar-refractivity contribution < 1.29 is 9.53 Å². The number of hydrogen-bond acceptors (Lipinski definition) is 5. The summed E-state index contributed by atoms with van der Waals surface area (Å²) in [5, 5.41) is 0. The first kappa shape index (κ1) is 17.8. The maximum atomic E-state index is 12.2. The van der Waals surface area contributed by atoms with E-state index in [0.717, 1.165) is 21.7 Å². The minimum atomic E-state index is -0.408. The zero-order valence-electron chi connectivity index (χ0n) is 15.0. The molecule has 1 heterocycles. The van der Waals surface area contributed by atoms with E-state index in [1.54, 1.807) is 47.7 Å². The molecular formula is C23H18N2O2S. The molecule has 0 aliphatic rings. The van der Waals surface area contributed by atoms with Crippen molar-refractivity contribution in [2.24, 2.45) is 0 Å². The van der Waals surface area contributed by atoms with Gasteiger partial charge in [-0.15, -0.1) is 11.3 Å². The summed E-state index contributed by atoms with van der Waals surface area (Å²) < 4.78 is 5.43. The van der Waals surface area contributed by atoms with Crippen LogP contribution in [0.4, 0.5) is 11.4 Å². The minimum Gasteiger partial charge on any atom is -0.423 e. The van der Waals surface area contributed by atoms with Gasteiger partial charge in [-0.1, -0.05) is 12.1 Å². The number of nitrogens with two attached hydrogens (primary N) is 2. The molecule has 138 valence electrons. The molecule has 4 N–H and O–H groups in total. The second-order valence-corrected chi connectivity index (χ2v) is 7.41. The van der Waals surface area contributed by atoms with Crippen molar-refractivity contribution in [2.75, 3.05) is 11.5 Å². The topological polar surface area (TPSA) is 78.3 Å². The monoisotopic (exact) mass is 386 g/mol. The van der Waals surface area contributed by atoms with E-state index >= 15 is 0 Å². The standard InChI is InChI=1S/C23H18N2O2S/c24-18-7-1-15(2-8-18)21-13-14-22(28-21)16-5-11-20(12-6-16)27-23(26)17-3-9-19(25)10-4-17/h1-14H,24-25H2. The van der Waals surface area contributed by atoms with Crippen LogP contribution in [0.2, 0.25) is 0 Å². The first-order valence-corrected chi connectivity index (χ1v) is 9.54. The van der Waals surface area contributed by atoms with Crippen LogP contribution in [-0.4, -0.2) is 5.97 Å². The Morgan fingerprint density at radius 3 is 1.64 bits per heavy atom. The zero-order valence-corrected chi connectivity index (χ0v) is 15.8. The van der Waals surface area contributed by atoms with Crippen LogP contribution >= 0.6 is 11.3 Å². The number of ether oxygens (including phenoxy) is 1. The number of anilines is 2. The Hall–Kier alpha value is -3.57. The summed E-state index contributed by atoms with van der Waals surface area (Å²) in [7, 11) is 0. The molecule has 0 fully saturated rings. The van der Waals surface area contributed by atoms with Gasteiger partial charge in [-0.05, 0) is 83.9 Å². The van der Waals surface area contributed by atoms with E-state index in [4.69, 9.17) is 16.2 Å². The van der Waals surface area contributed by atoms with E-state index < -0.39 is 5.97 Å². The van der Waals surface area contributed by atoms with Gasteiger partial charge in [-0.2, -0.15) is 0 Å². The van der Waals surface area contributed by atoms with Crippen LogP contribution in [0.25, 0.3) is 20.9 Å². The van der Waals surface area contributed by atoms with Crippen molar-refractivity contribution >= 4 is 28.7 Å². The largest absolute Gasteiger partial charge is 0.423 e. The molecular weight excluding hydrogens is 368 g/mol. The molecule has 0 aliphatic heterocycles. The van der Waals surface area contributed by atoms with E-state index in [0.29, 0.717) is 17.0 Å². The normalized spacial score (nSPS) is 10.6. The lowest BCUT2D eigenvalue weighted by atomic mass is 10.1. The highest BCUT2D eigenvalue weighted by atomic mass is 32.1. The molecule has 0 radical (unpaired) electrons. The Morgan fingerprint density at radius 1 is 0.643 bits per heavy atom. The summed E-state index contributed by atoms with van der Waals surface area (Å²) in [5.74, 6) is 0.0930. The van der Waals surface area contributed by atoms with E-state index in [-0.39, 0.29) is 0 Å². The van der Waals surface area contributed by atoms with E-state index in [2.05, 4.69) is 12.1 Å². The number of carbonyl (C=O) groups is 1. The van der Waals surface area contributed by atoms with Gasteiger partial charge in [0.15, 0.2) is 0 Å². The van der Waals surface area contributed by atoms with Crippen LogP contribution < -0.4 is 16.2 Å². The quantitative estimate of drug-likeness (QED) is 0.277. The average molecular weight is 386 g/mol. The van der Waals surface area contributed by atoms with Crippen LogP contribution in [0.1, 0.15) is 10.4 Å². The molecule has 0 bridgehead atoms. The molecule has 0 amide bonds. The molecule has 4 aromatic rings. The van der Waals surface area contributed by atoms with Gasteiger partial charge in [-0.25, -0.2) is 4.79 Å². The predicted octanol–water partition coefficient (Wildman–Crippen LogP) is 5.47. The van der Waals surface area contributed by atoms with Crippen LogP contribution in [0.15, 0.2) is 84.9 Å². The number of hydrogen-bond donors (Lipinski definition) is 2. The molecule has 0 spiro atoms. The third-order valence-corrected chi connectivity index (χ3v) is 5.48. The van der Waals surface area contributed by atoms with Crippen molar-refractivity contribution in [1.82, 2.24) is 0 Å². The van der Waals surface area contributed by atoms with Crippen molar-refractivity contribution in [2.45, 2.75) is 0 Å². The lowest BCUT2D eigenvalue weighted by Crippen LogP contribution is -2.08. The molecule has 0 saturated carbocycles. The van der Waals surface area contributed by atoms with Gasteiger partial charge < -0.3 is 16.2 Å². The van der Waals surface area contributed by atoms with Crippen LogP contribution in [0, 0.1) is 0 Å². The molecule has 0 unspecified atom stereocenters. The minimum absolute atomic E-state index is 0.408. The highest BCUT2D eigenvalue weighted by Crippen LogP contribution is 2.35. The molecule has 1 aromatic heterocycles. The maximum absolute atomic E-state index is 12.2. The number of carbonyl (C=O) groups excluding carboxylic acids is 1. The smallest absolute Gasteiger partial charge is 0.343 e. The van der Waals surface area contributed by atoms with Gasteiger partial charge in [0.05, 0.1) is 5.56 Å². The molecule has 0 saturated heterocycles. The summed E-state index contributed by atoms with van der Waals surface area (Å²) in [5.41, 5.74) is 15.4. The second kappa shape index (κ2) is 7.58. The maximum Gasteiger partial charge on any atom is 0.343 e. The van der Waals surface area contributed by atoms with Crippen molar-refractivity contribution in [3.8, 4) is 26.6 Å². The SMILES string of the molecule is Nc1ccc(C(=O)Oc2ccc(-c3ccc(-c4ccc(N)cc4)s3)cc2)cc1. The highest BCUT2D eigenvalue weighted by molar-refractivity contribution is 7.18.